The van der Waals surface area contributed by atoms with Crippen LogP contribution >= 0.6 is 15.9 Å². The number of phenols is 1. The summed E-state index contributed by atoms with van der Waals surface area (Å²) in [6, 6.07) is 14.1. The lowest BCUT2D eigenvalue weighted by atomic mass is 10.0. The van der Waals surface area contributed by atoms with E-state index in [0.717, 1.165) is 16.5 Å². The van der Waals surface area contributed by atoms with E-state index in [0.29, 0.717) is 12.3 Å². The third-order valence-corrected chi connectivity index (χ3v) is 4.05. The summed E-state index contributed by atoms with van der Waals surface area (Å²) >= 11 is 3.45. The zero-order valence-electron chi connectivity index (χ0n) is 12.3. The summed E-state index contributed by atoms with van der Waals surface area (Å²) in [7, 11) is 1.56. The van der Waals surface area contributed by atoms with E-state index in [1.807, 2.05) is 24.3 Å². The summed E-state index contributed by atoms with van der Waals surface area (Å²) in [5, 5.41) is 13.6. The van der Waals surface area contributed by atoms with Gasteiger partial charge < -0.3 is 15.2 Å². The fourth-order valence-corrected chi connectivity index (χ4v) is 2.57. The molecule has 1 atom stereocenters. The zero-order valence-corrected chi connectivity index (χ0v) is 13.9. The van der Waals surface area contributed by atoms with Crippen molar-refractivity contribution in [2.24, 2.45) is 0 Å². The van der Waals surface area contributed by atoms with E-state index in [-0.39, 0.29) is 11.8 Å². The number of hydrogen-bond acceptors (Lipinski definition) is 3. The van der Waals surface area contributed by atoms with Crippen molar-refractivity contribution in [1.29, 1.82) is 0 Å². The molecule has 3 nitrogen and oxygen atoms in total. The molecular weight excluding hydrogens is 330 g/mol. The van der Waals surface area contributed by atoms with Gasteiger partial charge in [0.15, 0.2) is 11.5 Å². The van der Waals surface area contributed by atoms with Gasteiger partial charge in [0, 0.05) is 22.6 Å². The number of aromatic hydroxyl groups is 1. The molecule has 2 aromatic rings. The Hall–Kier alpha value is -1.52. The maximum atomic E-state index is 10.1. The molecule has 2 aromatic carbocycles. The zero-order chi connectivity index (χ0) is 15.2. The minimum Gasteiger partial charge on any atom is -0.504 e. The summed E-state index contributed by atoms with van der Waals surface area (Å²) < 4.78 is 6.21. The van der Waals surface area contributed by atoms with Gasteiger partial charge in [-0.25, -0.2) is 0 Å². The second kappa shape index (κ2) is 7.48. The van der Waals surface area contributed by atoms with Crippen molar-refractivity contribution in [3.8, 4) is 11.5 Å². The van der Waals surface area contributed by atoms with Crippen LogP contribution in [0.3, 0.4) is 0 Å². The van der Waals surface area contributed by atoms with Gasteiger partial charge in [0.2, 0.25) is 0 Å². The van der Waals surface area contributed by atoms with Crippen LogP contribution in [0.5, 0.6) is 11.5 Å². The predicted octanol–water partition coefficient (Wildman–Crippen LogP) is 4.40. The average Bonchev–Trinajstić information content (AvgIpc) is 2.51. The normalized spacial score (nSPS) is 12.1. The molecule has 0 amide bonds. The van der Waals surface area contributed by atoms with Gasteiger partial charge in [0.05, 0.1) is 7.11 Å². The first-order valence-corrected chi connectivity index (χ1v) is 7.78. The molecule has 0 aliphatic rings. The van der Waals surface area contributed by atoms with E-state index in [2.05, 4.69) is 40.3 Å². The Morgan fingerprint density at radius 1 is 1.19 bits per heavy atom. The molecule has 0 heterocycles. The fourth-order valence-electron chi connectivity index (χ4n) is 2.30. The molecular formula is C17H20BrNO2. The Morgan fingerprint density at radius 2 is 1.90 bits per heavy atom. The van der Waals surface area contributed by atoms with E-state index in [1.165, 1.54) is 5.56 Å². The first-order chi connectivity index (χ1) is 10.2. The van der Waals surface area contributed by atoms with Crippen molar-refractivity contribution in [3.05, 3.63) is 58.1 Å². The smallest absolute Gasteiger partial charge is 0.162 e. The summed E-state index contributed by atoms with van der Waals surface area (Å²) in [6.07, 6.45) is 0.979. The Bertz CT molecular complexity index is 584. The molecule has 2 N–H and O–H groups in total. The quantitative estimate of drug-likeness (QED) is 0.811. The summed E-state index contributed by atoms with van der Waals surface area (Å²) in [5.41, 5.74) is 2.08. The van der Waals surface area contributed by atoms with Crippen molar-refractivity contribution >= 4 is 15.9 Å². The average molecular weight is 350 g/mol. The molecule has 1 unspecified atom stereocenters. The largest absolute Gasteiger partial charge is 0.504 e. The van der Waals surface area contributed by atoms with Crippen LogP contribution in [0.2, 0.25) is 0 Å². The number of nitrogens with one attached hydrogen (secondary N) is 1. The number of para-hydroxylation sites is 1. The van der Waals surface area contributed by atoms with E-state index >= 15 is 0 Å². The second-order valence-electron chi connectivity index (χ2n) is 4.86. The van der Waals surface area contributed by atoms with Crippen LogP contribution in [0.15, 0.2) is 46.9 Å². The lowest BCUT2D eigenvalue weighted by molar-refractivity contribution is 0.368. The van der Waals surface area contributed by atoms with Crippen molar-refractivity contribution < 1.29 is 9.84 Å². The molecule has 2 rings (SSSR count). The highest BCUT2D eigenvalue weighted by atomic mass is 79.9. The Kier molecular flexibility index (Phi) is 5.65. The van der Waals surface area contributed by atoms with E-state index < -0.39 is 0 Å². The molecule has 0 spiro atoms. The number of ether oxygens (including phenoxy) is 1. The lowest BCUT2D eigenvalue weighted by Crippen LogP contribution is -2.20. The predicted molar refractivity (Wildman–Crippen MR) is 88.7 cm³/mol. The first-order valence-electron chi connectivity index (χ1n) is 6.99. The van der Waals surface area contributed by atoms with Gasteiger partial charge in [-0.05, 0) is 30.2 Å². The van der Waals surface area contributed by atoms with Gasteiger partial charge in [-0.15, -0.1) is 0 Å². The molecule has 0 saturated carbocycles. The summed E-state index contributed by atoms with van der Waals surface area (Å²) in [5.74, 6) is 0.712. The molecule has 112 valence electrons. The third-order valence-electron chi connectivity index (χ3n) is 3.52. The highest BCUT2D eigenvalue weighted by Crippen LogP contribution is 2.30. The first kappa shape index (κ1) is 15.9. The van der Waals surface area contributed by atoms with Gasteiger partial charge >= 0.3 is 0 Å². The van der Waals surface area contributed by atoms with Gasteiger partial charge in [-0.2, -0.15) is 0 Å². The number of phenolic OH excluding ortho intramolecular Hbond substituents is 1. The Labute approximate surface area is 134 Å². The number of hydrogen-bond donors (Lipinski definition) is 2. The van der Waals surface area contributed by atoms with Gasteiger partial charge in [-0.3, -0.25) is 0 Å². The molecule has 4 heteroatoms. The molecule has 21 heavy (non-hydrogen) atoms. The van der Waals surface area contributed by atoms with Crippen molar-refractivity contribution in [2.45, 2.75) is 25.9 Å². The molecule has 0 aliphatic heterocycles. The molecule has 0 saturated heterocycles. The second-order valence-corrected chi connectivity index (χ2v) is 5.78. The fraction of sp³-hybridized carbons (Fsp3) is 0.294. The summed E-state index contributed by atoms with van der Waals surface area (Å²) in [4.78, 5) is 0. The maximum absolute atomic E-state index is 10.1. The van der Waals surface area contributed by atoms with Crippen LogP contribution in [0.1, 0.15) is 30.5 Å². The monoisotopic (exact) mass is 349 g/mol. The molecule has 0 aromatic heterocycles. The standard InChI is InChI=1S/C17H20BrNO2/c1-3-15(12-7-9-14(18)10-8-12)19-11-13-5-4-6-16(21-2)17(13)20/h4-10,15,19-20H,3,11H2,1-2H3. The van der Waals surface area contributed by atoms with Crippen LogP contribution in [0.4, 0.5) is 0 Å². The van der Waals surface area contributed by atoms with Crippen molar-refractivity contribution in [3.63, 3.8) is 0 Å². The topological polar surface area (TPSA) is 41.5 Å². The van der Waals surface area contributed by atoms with E-state index in [4.69, 9.17) is 4.74 Å². The van der Waals surface area contributed by atoms with Crippen LogP contribution in [-0.2, 0) is 6.54 Å². The number of rotatable bonds is 6. The highest BCUT2D eigenvalue weighted by Gasteiger charge is 2.11. The van der Waals surface area contributed by atoms with Crippen LogP contribution in [0.25, 0.3) is 0 Å². The SMILES string of the molecule is CCC(NCc1cccc(OC)c1O)c1ccc(Br)cc1. The lowest BCUT2D eigenvalue weighted by Gasteiger charge is -2.18. The van der Waals surface area contributed by atoms with Crippen molar-refractivity contribution in [1.82, 2.24) is 5.32 Å². The van der Waals surface area contributed by atoms with Gasteiger partial charge in [0.25, 0.3) is 0 Å². The van der Waals surface area contributed by atoms with Crippen LogP contribution < -0.4 is 10.1 Å². The minimum atomic E-state index is 0.207. The van der Waals surface area contributed by atoms with Gasteiger partial charge in [-0.1, -0.05) is 47.1 Å². The minimum absolute atomic E-state index is 0.207. The number of halogens is 1. The third kappa shape index (κ3) is 3.99. The molecule has 0 fully saturated rings. The maximum Gasteiger partial charge on any atom is 0.162 e. The Morgan fingerprint density at radius 3 is 2.52 bits per heavy atom. The summed E-state index contributed by atoms with van der Waals surface area (Å²) in [6.45, 7) is 2.74. The van der Waals surface area contributed by atoms with Crippen LogP contribution in [-0.4, -0.2) is 12.2 Å². The van der Waals surface area contributed by atoms with Crippen LogP contribution in [0, 0.1) is 0 Å². The van der Waals surface area contributed by atoms with Crippen molar-refractivity contribution in [2.75, 3.05) is 7.11 Å². The molecule has 0 radical (unpaired) electrons. The number of methoxy groups -OCH3 is 1. The van der Waals surface area contributed by atoms with Gasteiger partial charge in [0.1, 0.15) is 0 Å². The van der Waals surface area contributed by atoms with E-state index in [1.54, 1.807) is 13.2 Å². The highest BCUT2D eigenvalue weighted by molar-refractivity contribution is 9.10. The molecule has 0 aliphatic carbocycles. The van der Waals surface area contributed by atoms with E-state index in [9.17, 15) is 5.11 Å². The molecule has 0 bridgehead atoms. The Balaban J connectivity index is 2.08. The number of benzene rings is 2.